The summed E-state index contributed by atoms with van der Waals surface area (Å²) < 4.78 is 11.4. The summed E-state index contributed by atoms with van der Waals surface area (Å²) in [6, 6.07) is 15.6. The van der Waals surface area contributed by atoms with E-state index in [0.717, 1.165) is 19.3 Å². The molecule has 0 radical (unpaired) electrons. The topological polar surface area (TPSA) is 59.1 Å². The van der Waals surface area contributed by atoms with E-state index in [2.05, 4.69) is 12.1 Å². The fraction of sp³-hybridized carbons (Fsp3) is 0.462. The molecule has 0 aliphatic carbocycles. The van der Waals surface area contributed by atoms with Gasteiger partial charge in [-0.2, -0.15) is 0 Å². The maximum Gasteiger partial charge on any atom is 0.254 e. The zero-order chi connectivity index (χ0) is 22.8. The molecule has 1 aliphatic rings. The van der Waals surface area contributed by atoms with Gasteiger partial charge in [0, 0.05) is 38.2 Å². The van der Waals surface area contributed by atoms with Crippen LogP contribution in [0.5, 0.6) is 11.5 Å². The number of piperazine rings is 1. The van der Waals surface area contributed by atoms with Crippen LogP contribution in [0.2, 0.25) is 0 Å². The van der Waals surface area contributed by atoms with Crippen molar-refractivity contribution in [1.82, 2.24) is 9.80 Å². The molecule has 0 spiro atoms. The zero-order valence-corrected chi connectivity index (χ0v) is 19.2. The molecule has 0 unspecified atom stereocenters. The summed E-state index contributed by atoms with van der Waals surface area (Å²) in [4.78, 5) is 29.3. The van der Waals surface area contributed by atoms with Crippen LogP contribution in [0.15, 0.2) is 48.5 Å². The Bertz CT molecular complexity index is 877. The molecule has 1 saturated heterocycles. The van der Waals surface area contributed by atoms with Crippen LogP contribution >= 0.6 is 0 Å². The lowest BCUT2D eigenvalue weighted by atomic mass is 10.1. The lowest BCUT2D eigenvalue weighted by Crippen LogP contribution is -2.50. The van der Waals surface area contributed by atoms with Gasteiger partial charge in [0.1, 0.15) is 0 Å². The molecule has 3 rings (SSSR count). The predicted molar refractivity (Wildman–Crippen MR) is 125 cm³/mol. The number of nitrogens with zero attached hydrogens (tertiary/aromatic N) is 2. The predicted octanol–water partition coefficient (Wildman–Crippen LogP) is 4.18. The molecule has 1 heterocycles. The van der Waals surface area contributed by atoms with E-state index < -0.39 is 0 Å². The largest absolute Gasteiger partial charge is 0.490 e. The number of aryl methyl sites for hydroxylation is 1. The fourth-order valence-electron chi connectivity index (χ4n) is 3.83. The molecule has 2 amide bonds. The highest BCUT2D eigenvalue weighted by atomic mass is 16.5. The quantitative estimate of drug-likeness (QED) is 0.558. The summed E-state index contributed by atoms with van der Waals surface area (Å²) in [7, 11) is 0. The van der Waals surface area contributed by atoms with Crippen molar-refractivity contribution < 1.29 is 19.1 Å². The molecular formula is C26H34N2O4. The van der Waals surface area contributed by atoms with Gasteiger partial charge in [0.05, 0.1) is 13.2 Å². The van der Waals surface area contributed by atoms with Crippen molar-refractivity contribution in [2.24, 2.45) is 0 Å². The van der Waals surface area contributed by atoms with E-state index in [1.165, 1.54) is 5.56 Å². The summed E-state index contributed by atoms with van der Waals surface area (Å²) in [6.07, 6.45) is 3.20. The minimum absolute atomic E-state index is 0.0378. The molecule has 2 aromatic carbocycles. The highest BCUT2D eigenvalue weighted by Gasteiger charge is 2.25. The molecule has 6 heteroatoms. The maximum absolute atomic E-state index is 13.0. The van der Waals surface area contributed by atoms with Gasteiger partial charge in [0.2, 0.25) is 5.91 Å². The number of ether oxygens (including phenoxy) is 2. The normalized spacial score (nSPS) is 13.7. The van der Waals surface area contributed by atoms with Gasteiger partial charge in [-0.15, -0.1) is 0 Å². The van der Waals surface area contributed by atoms with Crippen molar-refractivity contribution in [2.45, 2.75) is 39.5 Å². The fourth-order valence-corrected chi connectivity index (χ4v) is 3.83. The van der Waals surface area contributed by atoms with Gasteiger partial charge in [-0.3, -0.25) is 9.59 Å². The van der Waals surface area contributed by atoms with Crippen LogP contribution in [-0.2, 0) is 11.2 Å². The van der Waals surface area contributed by atoms with Crippen molar-refractivity contribution in [3.05, 3.63) is 59.7 Å². The SMILES string of the molecule is CCCOc1ccc(C(=O)N2CCN(C(=O)CCCc3ccccc3)CC2)cc1OCC. The van der Waals surface area contributed by atoms with Crippen LogP contribution in [0, 0.1) is 0 Å². The van der Waals surface area contributed by atoms with E-state index >= 15 is 0 Å². The second-order valence-corrected chi connectivity index (χ2v) is 7.96. The molecule has 6 nitrogen and oxygen atoms in total. The summed E-state index contributed by atoms with van der Waals surface area (Å²) in [5, 5.41) is 0. The second kappa shape index (κ2) is 12.1. The van der Waals surface area contributed by atoms with Gasteiger partial charge in [0.15, 0.2) is 11.5 Å². The highest BCUT2D eigenvalue weighted by molar-refractivity contribution is 5.95. The molecular weight excluding hydrogens is 404 g/mol. The third-order valence-electron chi connectivity index (χ3n) is 5.57. The van der Waals surface area contributed by atoms with Gasteiger partial charge < -0.3 is 19.3 Å². The van der Waals surface area contributed by atoms with E-state index in [1.54, 1.807) is 18.2 Å². The van der Waals surface area contributed by atoms with Crippen molar-refractivity contribution in [1.29, 1.82) is 0 Å². The summed E-state index contributed by atoms with van der Waals surface area (Å²) in [6.45, 7) is 7.31. The van der Waals surface area contributed by atoms with Gasteiger partial charge in [0.25, 0.3) is 5.91 Å². The number of hydrogen-bond acceptors (Lipinski definition) is 4. The van der Waals surface area contributed by atoms with Gasteiger partial charge in [-0.1, -0.05) is 37.3 Å². The number of benzene rings is 2. The van der Waals surface area contributed by atoms with Crippen LogP contribution in [0.25, 0.3) is 0 Å². The Kier molecular flexibility index (Phi) is 8.96. The third kappa shape index (κ3) is 6.49. The minimum Gasteiger partial charge on any atom is -0.490 e. The average molecular weight is 439 g/mol. The van der Waals surface area contributed by atoms with E-state index in [-0.39, 0.29) is 11.8 Å². The number of carbonyl (C=O) groups is 2. The minimum atomic E-state index is -0.0378. The Morgan fingerprint density at radius 3 is 2.28 bits per heavy atom. The Hall–Kier alpha value is -3.02. The lowest BCUT2D eigenvalue weighted by Gasteiger charge is -2.35. The average Bonchev–Trinajstić information content (AvgIpc) is 2.83. The second-order valence-electron chi connectivity index (χ2n) is 7.96. The monoisotopic (exact) mass is 438 g/mol. The molecule has 2 aromatic rings. The lowest BCUT2D eigenvalue weighted by molar-refractivity contribution is -0.132. The van der Waals surface area contributed by atoms with Crippen molar-refractivity contribution in [3.63, 3.8) is 0 Å². The first-order valence-electron chi connectivity index (χ1n) is 11.6. The summed E-state index contributed by atoms with van der Waals surface area (Å²) in [5.41, 5.74) is 1.84. The third-order valence-corrected chi connectivity index (χ3v) is 5.57. The standard InChI is InChI=1S/C26H34N2O4/c1-3-19-32-23-14-13-22(20-24(23)31-4-2)26(30)28-17-15-27(16-18-28)25(29)12-8-11-21-9-6-5-7-10-21/h5-7,9-10,13-14,20H,3-4,8,11-12,15-19H2,1-2H3. The van der Waals surface area contributed by atoms with Gasteiger partial charge in [-0.05, 0) is 49.9 Å². The van der Waals surface area contributed by atoms with Crippen molar-refractivity contribution in [2.75, 3.05) is 39.4 Å². The Morgan fingerprint density at radius 1 is 0.875 bits per heavy atom. The van der Waals surface area contributed by atoms with E-state index in [1.807, 2.05) is 41.8 Å². The highest BCUT2D eigenvalue weighted by Crippen LogP contribution is 2.29. The van der Waals surface area contributed by atoms with Crippen LogP contribution in [0.1, 0.15) is 49.0 Å². The smallest absolute Gasteiger partial charge is 0.254 e. The number of amides is 2. The summed E-state index contributed by atoms with van der Waals surface area (Å²) >= 11 is 0. The molecule has 0 N–H and O–H groups in total. The maximum atomic E-state index is 13.0. The number of carbonyl (C=O) groups excluding carboxylic acids is 2. The summed E-state index contributed by atoms with van der Waals surface area (Å²) in [5.74, 6) is 1.39. The number of rotatable bonds is 10. The van der Waals surface area contributed by atoms with Gasteiger partial charge in [-0.25, -0.2) is 0 Å². The van der Waals surface area contributed by atoms with Crippen LogP contribution in [-0.4, -0.2) is 61.0 Å². The van der Waals surface area contributed by atoms with E-state index in [4.69, 9.17) is 9.47 Å². The molecule has 1 fully saturated rings. The molecule has 0 saturated carbocycles. The first-order chi connectivity index (χ1) is 15.6. The molecule has 0 bridgehead atoms. The van der Waals surface area contributed by atoms with Crippen molar-refractivity contribution in [3.8, 4) is 11.5 Å². The van der Waals surface area contributed by atoms with Crippen LogP contribution in [0.3, 0.4) is 0 Å². The Labute approximate surface area is 191 Å². The molecule has 0 aromatic heterocycles. The first kappa shape index (κ1) is 23.6. The zero-order valence-electron chi connectivity index (χ0n) is 19.2. The van der Waals surface area contributed by atoms with Crippen LogP contribution in [0.4, 0.5) is 0 Å². The van der Waals surface area contributed by atoms with Crippen LogP contribution < -0.4 is 9.47 Å². The molecule has 172 valence electrons. The molecule has 1 aliphatic heterocycles. The first-order valence-corrected chi connectivity index (χ1v) is 11.6. The van der Waals surface area contributed by atoms with Crippen molar-refractivity contribution >= 4 is 11.8 Å². The Balaban J connectivity index is 1.50. The Morgan fingerprint density at radius 2 is 1.59 bits per heavy atom. The van der Waals surface area contributed by atoms with E-state index in [0.29, 0.717) is 62.9 Å². The van der Waals surface area contributed by atoms with Gasteiger partial charge >= 0.3 is 0 Å². The number of hydrogen-bond donors (Lipinski definition) is 0. The molecule has 0 atom stereocenters. The van der Waals surface area contributed by atoms with E-state index in [9.17, 15) is 9.59 Å². The molecule has 32 heavy (non-hydrogen) atoms.